The summed E-state index contributed by atoms with van der Waals surface area (Å²) in [6.07, 6.45) is 0. The number of H-pyrrole nitrogens is 1. The summed E-state index contributed by atoms with van der Waals surface area (Å²) in [5, 5.41) is 1.25. The van der Waals surface area contributed by atoms with Crippen LogP contribution in [0, 0.1) is 0 Å². The molecule has 6 rings (SSSR count). The summed E-state index contributed by atoms with van der Waals surface area (Å²) in [6.45, 7) is 0. The van der Waals surface area contributed by atoms with Crippen molar-refractivity contribution in [3.8, 4) is 11.5 Å². The minimum absolute atomic E-state index is 0.238. The molecule has 0 aliphatic heterocycles. The first-order valence-corrected chi connectivity index (χ1v) is 9.87. The lowest BCUT2D eigenvalue weighted by Gasteiger charge is -2.12. The van der Waals surface area contributed by atoms with Crippen LogP contribution in [0.1, 0.15) is 0 Å². The van der Waals surface area contributed by atoms with Gasteiger partial charge >= 0.3 is 0 Å². The van der Waals surface area contributed by atoms with E-state index in [1.54, 1.807) is 42.5 Å². The van der Waals surface area contributed by atoms with E-state index in [0.29, 0.717) is 33.2 Å². The van der Waals surface area contributed by atoms with Gasteiger partial charge < -0.3 is 14.1 Å². The summed E-state index contributed by atoms with van der Waals surface area (Å²) in [4.78, 5) is 30.3. The Hall–Kier alpha value is -4.38. The average Bonchev–Trinajstić information content (AvgIpc) is 2.81. The van der Waals surface area contributed by atoms with Gasteiger partial charge in [0, 0.05) is 16.8 Å². The molecule has 0 saturated carbocycles. The maximum Gasteiger partial charge on any atom is 0.198 e. The molecule has 5 heteroatoms. The van der Waals surface area contributed by atoms with Crippen LogP contribution in [0.3, 0.4) is 0 Å². The third-order valence-electron chi connectivity index (χ3n) is 5.46. The Bertz CT molecular complexity index is 1750. The maximum atomic E-state index is 13.5. The topological polar surface area (TPSA) is 72.3 Å². The van der Waals surface area contributed by atoms with Crippen LogP contribution in [0.5, 0.6) is 11.5 Å². The van der Waals surface area contributed by atoms with Gasteiger partial charge in [-0.1, -0.05) is 54.6 Å². The van der Waals surface area contributed by atoms with Gasteiger partial charge in [-0.3, -0.25) is 9.59 Å². The quantitative estimate of drug-likeness (QED) is 0.295. The monoisotopic (exact) mass is 405 g/mol. The number of ether oxygens (including phenoxy) is 1. The Kier molecular flexibility index (Phi) is 3.70. The first kappa shape index (κ1) is 17.5. The molecule has 0 spiro atoms. The molecule has 0 aliphatic carbocycles. The highest BCUT2D eigenvalue weighted by atomic mass is 16.5. The van der Waals surface area contributed by atoms with Crippen molar-refractivity contribution < 1.29 is 9.15 Å². The fraction of sp³-hybridized carbons (Fsp3) is 0. The highest BCUT2D eigenvalue weighted by Gasteiger charge is 2.20. The molecule has 6 aromatic rings. The minimum Gasteiger partial charge on any atom is -0.456 e. The number of hydrogen-bond acceptors (Lipinski definition) is 4. The zero-order valence-corrected chi connectivity index (χ0v) is 16.2. The predicted octanol–water partition coefficient (Wildman–Crippen LogP) is 5.73. The van der Waals surface area contributed by atoms with Crippen LogP contribution in [0.15, 0.2) is 98.9 Å². The number of benzene rings is 5. The van der Waals surface area contributed by atoms with Gasteiger partial charge in [0.05, 0.1) is 21.8 Å². The fourth-order valence-corrected chi connectivity index (χ4v) is 4.05. The summed E-state index contributed by atoms with van der Waals surface area (Å²) in [6, 6.07) is 25.1. The third-order valence-corrected chi connectivity index (χ3v) is 5.46. The van der Waals surface area contributed by atoms with Crippen LogP contribution in [0.4, 0.5) is 0 Å². The highest BCUT2D eigenvalue weighted by Crippen LogP contribution is 2.34. The second kappa shape index (κ2) is 6.57. The van der Waals surface area contributed by atoms with E-state index in [1.165, 1.54) is 0 Å². The van der Waals surface area contributed by atoms with Crippen LogP contribution >= 0.6 is 0 Å². The average molecular weight is 405 g/mol. The minimum atomic E-state index is -0.250. The molecule has 1 N–H and O–H groups in total. The van der Waals surface area contributed by atoms with Gasteiger partial charge in [0.2, 0.25) is 0 Å². The molecule has 0 amide bonds. The summed E-state index contributed by atoms with van der Waals surface area (Å²) in [5.41, 5.74) is 1.78. The van der Waals surface area contributed by atoms with Crippen molar-refractivity contribution in [3.05, 3.63) is 105 Å². The SMILES string of the molecule is O=c1c2ccccc2c(=O)c2c1c(Oc1ccccc1)cc1oc3ccccc3[nH]c12. The Labute approximate surface area is 175 Å². The van der Waals surface area contributed by atoms with Crippen LogP contribution in [-0.4, -0.2) is 4.98 Å². The number of aromatic nitrogens is 1. The van der Waals surface area contributed by atoms with Crippen molar-refractivity contribution in [1.82, 2.24) is 4.98 Å². The van der Waals surface area contributed by atoms with Crippen LogP contribution in [0.2, 0.25) is 0 Å². The molecule has 0 unspecified atom stereocenters. The molecule has 0 fully saturated rings. The van der Waals surface area contributed by atoms with E-state index in [-0.39, 0.29) is 27.4 Å². The molecule has 0 aliphatic rings. The Balaban J connectivity index is 1.84. The zero-order chi connectivity index (χ0) is 20.9. The van der Waals surface area contributed by atoms with Gasteiger partial charge in [0.25, 0.3) is 0 Å². The lowest BCUT2D eigenvalue weighted by molar-refractivity contribution is 0.487. The Morgan fingerprint density at radius 2 is 1.32 bits per heavy atom. The Morgan fingerprint density at radius 3 is 2.10 bits per heavy atom. The molecule has 148 valence electrons. The number of fused-ring (bicyclic) bond motifs is 5. The van der Waals surface area contributed by atoms with E-state index in [0.717, 1.165) is 5.52 Å². The summed E-state index contributed by atoms with van der Waals surface area (Å²) < 4.78 is 12.2. The molecule has 1 heterocycles. The predicted molar refractivity (Wildman–Crippen MR) is 122 cm³/mol. The van der Waals surface area contributed by atoms with E-state index in [9.17, 15) is 9.59 Å². The second-order valence-electron chi connectivity index (χ2n) is 7.34. The maximum absolute atomic E-state index is 13.5. The highest BCUT2D eigenvalue weighted by molar-refractivity contribution is 6.12. The number of nitrogens with one attached hydrogen (secondary N) is 1. The summed E-state index contributed by atoms with van der Waals surface area (Å²) in [7, 11) is 0. The van der Waals surface area contributed by atoms with Crippen molar-refractivity contribution in [3.63, 3.8) is 0 Å². The molecule has 31 heavy (non-hydrogen) atoms. The Morgan fingerprint density at radius 1 is 0.677 bits per heavy atom. The molecule has 0 saturated heterocycles. The number of aromatic amines is 1. The van der Waals surface area contributed by atoms with Crippen molar-refractivity contribution in [2.45, 2.75) is 0 Å². The standard InChI is InChI=1S/C26H15NO4/c28-25-16-10-4-5-11-17(16)26(29)23-22(25)20(30-15-8-2-1-3-9-15)14-21-24(23)27-18-12-6-7-13-19(18)31-21/h1-14,27H. The molecule has 0 atom stereocenters. The van der Waals surface area contributed by atoms with E-state index in [1.807, 2.05) is 42.5 Å². The first-order chi connectivity index (χ1) is 15.2. The first-order valence-electron chi connectivity index (χ1n) is 9.87. The molecular weight excluding hydrogens is 390 g/mol. The molecular formula is C26H15NO4. The van der Waals surface area contributed by atoms with Gasteiger partial charge in [-0.2, -0.15) is 0 Å². The van der Waals surface area contributed by atoms with Gasteiger partial charge in [-0.05, 0) is 24.3 Å². The number of hydrogen-bond donors (Lipinski definition) is 1. The molecule has 5 nitrogen and oxygen atoms in total. The lowest BCUT2D eigenvalue weighted by atomic mass is 10.00. The van der Waals surface area contributed by atoms with Crippen molar-refractivity contribution in [2.24, 2.45) is 0 Å². The van der Waals surface area contributed by atoms with Crippen molar-refractivity contribution in [2.75, 3.05) is 0 Å². The van der Waals surface area contributed by atoms with Crippen LogP contribution in [0.25, 0.3) is 43.7 Å². The van der Waals surface area contributed by atoms with Crippen LogP contribution in [-0.2, 0) is 0 Å². The summed E-state index contributed by atoms with van der Waals surface area (Å²) >= 11 is 0. The third kappa shape index (κ3) is 2.64. The fourth-order valence-electron chi connectivity index (χ4n) is 4.05. The van der Waals surface area contributed by atoms with E-state index >= 15 is 0 Å². The van der Waals surface area contributed by atoms with Crippen molar-refractivity contribution in [1.29, 1.82) is 0 Å². The summed E-state index contributed by atoms with van der Waals surface area (Å²) in [5.74, 6) is 0.849. The number of rotatable bonds is 2. The van der Waals surface area contributed by atoms with E-state index in [4.69, 9.17) is 9.15 Å². The largest absolute Gasteiger partial charge is 0.456 e. The van der Waals surface area contributed by atoms with E-state index < -0.39 is 0 Å². The zero-order valence-electron chi connectivity index (χ0n) is 16.2. The van der Waals surface area contributed by atoms with E-state index in [2.05, 4.69) is 4.98 Å². The van der Waals surface area contributed by atoms with Gasteiger partial charge in [0.1, 0.15) is 11.5 Å². The lowest BCUT2D eigenvalue weighted by Crippen LogP contribution is -2.14. The van der Waals surface area contributed by atoms with Gasteiger partial charge in [0.15, 0.2) is 22.0 Å². The van der Waals surface area contributed by atoms with Crippen LogP contribution < -0.4 is 15.6 Å². The molecule has 0 bridgehead atoms. The molecule has 0 radical (unpaired) electrons. The van der Waals surface area contributed by atoms with Gasteiger partial charge in [-0.15, -0.1) is 0 Å². The molecule has 1 aromatic heterocycles. The molecule has 5 aromatic carbocycles. The van der Waals surface area contributed by atoms with Gasteiger partial charge in [-0.25, -0.2) is 0 Å². The number of para-hydroxylation sites is 3. The van der Waals surface area contributed by atoms with Crippen molar-refractivity contribution >= 4 is 43.7 Å². The smallest absolute Gasteiger partial charge is 0.198 e. The normalized spacial score (nSPS) is 11.5. The second-order valence-corrected chi connectivity index (χ2v) is 7.34.